The predicted octanol–water partition coefficient (Wildman–Crippen LogP) is 2.93. The van der Waals surface area contributed by atoms with Gasteiger partial charge in [-0.1, -0.05) is 39.0 Å². The minimum atomic E-state index is -0.899. The minimum Gasteiger partial charge on any atom is -0.481 e. The molecule has 0 bridgehead atoms. The Morgan fingerprint density at radius 3 is 2.21 bits per heavy atom. The van der Waals surface area contributed by atoms with Gasteiger partial charge in [0.05, 0.1) is 6.42 Å². The van der Waals surface area contributed by atoms with Crippen LogP contribution in [0.15, 0.2) is 30.3 Å². The lowest BCUT2D eigenvalue weighted by Gasteiger charge is -2.26. The van der Waals surface area contributed by atoms with E-state index >= 15 is 0 Å². The molecule has 104 valence electrons. The second-order valence-electron chi connectivity index (χ2n) is 5.76. The Labute approximate surface area is 114 Å². The lowest BCUT2D eigenvalue weighted by molar-refractivity contribution is -0.136. The molecule has 4 heteroatoms. The van der Waals surface area contributed by atoms with E-state index < -0.39 is 5.97 Å². The zero-order chi connectivity index (χ0) is 14.5. The standard InChI is InChI=1S/C15H21NO3/c1-15(2,3)11-13(17)16(10-9-14(18)19)12-7-5-4-6-8-12/h4-8H,9-11H2,1-3H3,(H,18,19). The van der Waals surface area contributed by atoms with Crippen LogP contribution in [-0.2, 0) is 9.59 Å². The lowest BCUT2D eigenvalue weighted by Crippen LogP contribution is -2.35. The van der Waals surface area contributed by atoms with Crippen LogP contribution in [0.4, 0.5) is 5.69 Å². The molecule has 0 unspecified atom stereocenters. The molecule has 0 aliphatic rings. The SMILES string of the molecule is CC(C)(C)CC(=O)N(CCC(=O)O)c1ccccc1. The van der Waals surface area contributed by atoms with Gasteiger partial charge in [-0.25, -0.2) is 0 Å². The second kappa shape index (κ2) is 6.36. The molecule has 1 aromatic carbocycles. The normalized spacial score (nSPS) is 11.1. The van der Waals surface area contributed by atoms with Crippen LogP contribution in [-0.4, -0.2) is 23.5 Å². The van der Waals surface area contributed by atoms with Crippen molar-refractivity contribution < 1.29 is 14.7 Å². The molecule has 0 heterocycles. The van der Waals surface area contributed by atoms with Gasteiger partial charge in [0.25, 0.3) is 0 Å². The first-order chi connectivity index (χ1) is 8.79. The number of anilines is 1. The molecule has 0 aliphatic heterocycles. The van der Waals surface area contributed by atoms with Gasteiger partial charge in [-0.3, -0.25) is 9.59 Å². The highest BCUT2D eigenvalue weighted by Gasteiger charge is 2.22. The minimum absolute atomic E-state index is 0.0417. The first-order valence-electron chi connectivity index (χ1n) is 6.37. The maximum absolute atomic E-state index is 12.3. The third-order valence-electron chi connectivity index (χ3n) is 2.60. The topological polar surface area (TPSA) is 57.6 Å². The molecular weight excluding hydrogens is 242 g/mol. The predicted molar refractivity (Wildman–Crippen MR) is 75.1 cm³/mol. The highest BCUT2D eigenvalue weighted by atomic mass is 16.4. The molecule has 0 spiro atoms. The first kappa shape index (κ1) is 15.2. The highest BCUT2D eigenvalue weighted by Crippen LogP contribution is 2.23. The van der Waals surface area contributed by atoms with Crippen LogP contribution in [0, 0.1) is 5.41 Å². The van der Waals surface area contributed by atoms with Gasteiger partial charge in [0, 0.05) is 18.7 Å². The maximum atomic E-state index is 12.3. The van der Waals surface area contributed by atoms with E-state index in [2.05, 4.69) is 0 Å². The van der Waals surface area contributed by atoms with Gasteiger partial charge in [-0.05, 0) is 17.5 Å². The van der Waals surface area contributed by atoms with Gasteiger partial charge < -0.3 is 10.0 Å². The number of nitrogens with zero attached hydrogens (tertiary/aromatic N) is 1. The van der Waals surface area contributed by atoms with E-state index in [1.54, 1.807) is 4.90 Å². The van der Waals surface area contributed by atoms with Crippen molar-refractivity contribution in [2.45, 2.75) is 33.6 Å². The number of carbonyl (C=O) groups is 2. The zero-order valence-corrected chi connectivity index (χ0v) is 11.7. The van der Waals surface area contributed by atoms with Crippen molar-refractivity contribution in [2.75, 3.05) is 11.4 Å². The van der Waals surface area contributed by atoms with E-state index in [0.717, 1.165) is 5.69 Å². The molecule has 1 amide bonds. The van der Waals surface area contributed by atoms with Crippen LogP contribution in [0.5, 0.6) is 0 Å². The van der Waals surface area contributed by atoms with Gasteiger partial charge in [0.15, 0.2) is 0 Å². The summed E-state index contributed by atoms with van der Waals surface area (Å²) in [6.07, 6.45) is 0.340. The number of hydrogen-bond acceptors (Lipinski definition) is 2. The smallest absolute Gasteiger partial charge is 0.305 e. The van der Waals surface area contributed by atoms with E-state index in [1.807, 2.05) is 51.1 Å². The van der Waals surface area contributed by atoms with Crippen molar-refractivity contribution in [2.24, 2.45) is 5.41 Å². The Balaban J connectivity index is 2.86. The number of benzene rings is 1. The molecule has 0 aliphatic carbocycles. The van der Waals surface area contributed by atoms with Crippen LogP contribution in [0.1, 0.15) is 33.6 Å². The lowest BCUT2D eigenvalue weighted by atomic mass is 9.91. The zero-order valence-electron chi connectivity index (χ0n) is 11.7. The van der Waals surface area contributed by atoms with Gasteiger partial charge in [-0.2, -0.15) is 0 Å². The fourth-order valence-corrected chi connectivity index (χ4v) is 1.76. The summed E-state index contributed by atoms with van der Waals surface area (Å²) in [5.41, 5.74) is 0.630. The Kier molecular flexibility index (Phi) is 5.10. The summed E-state index contributed by atoms with van der Waals surface area (Å²) in [7, 11) is 0. The van der Waals surface area contributed by atoms with Gasteiger partial charge >= 0.3 is 5.97 Å². The molecular formula is C15H21NO3. The summed E-state index contributed by atoms with van der Waals surface area (Å²) < 4.78 is 0. The average molecular weight is 263 g/mol. The van der Waals surface area contributed by atoms with E-state index in [0.29, 0.717) is 6.42 Å². The first-order valence-corrected chi connectivity index (χ1v) is 6.37. The Morgan fingerprint density at radius 1 is 1.16 bits per heavy atom. The Hall–Kier alpha value is -1.84. The summed E-state index contributed by atoms with van der Waals surface area (Å²) in [6, 6.07) is 9.19. The number of aliphatic carboxylic acids is 1. The van der Waals surface area contributed by atoms with Gasteiger partial charge in [0.2, 0.25) is 5.91 Å². The third kappa shape index (κ3) is 5.55. The molecule has 0 saturated carbocycles. The summed E-state index contributed by atoms with van der Waals surface area (Å²) in [6.45, 7) is 6.18. The number of carboxylic acids is 1. The Bertz CT molecular complexity index is 434. The third-order valence-corrected chi connectivity index (χ3v) is 2.60. The monoisotopic (exact) mass is 263 g/mol. The number of carbonyl (C=O) groups excluding carboxylic acids is 1. The maximum Gasteiger partial charge on any atom is 0.305 e. The van der Waals surface area contributed by atoms with E-state index in [1.165, 1.54) is 0 Å². The quantitative estimate of drug-likeness (QED) is 0.888. The number of hydrogen-bond donors (Lipinski definition) is 1. The molecule has 19 heavy (non-hydrogen) atoms. The summed E-state index contributed by atoms with van der Waals surface area (Å²) >= 11 is 0. The van der Waals surface area contributed by atoms with Crippen molar-refractivity contribution in [3.63, 3.8) is 0 Å². The molecule has 1 rings (SSSR count). The van der Waals surface area contributed by atoms with E-state index in [-0.39, 0.29) is 24.3 Å². The molecule has 0 atom stereocenters. The van der Waals surface area contributed by atoms with Crippen molar-refractivity contribution in [3.05, 3.63) is 30.3 Å². The fourth-order valence-electron chi connectivity index (χ4n) is 1.76. The molecule has 1 aromatic rings. The second-order valence-corrected chi connectivity index (χ2v) is 5.76. The Morgan fingerprint density at radius 2 is 1.74 bits per heavy atom. The molecule has 0 aromatic heterocycles. The van der Waals surface area contributed by atoms with Gasteiger partial charge in [-0.15, -0.1) is 0 Å². The average Bonchev–Trinajstić information content (AvgIpc) is 2.27. The molecule has 1 N–H and O–H groups in total. The molecule has 0 saturated heterocycles. The number of para-hydroxylation sites is 1. The molecule has 4 nitrogen and oxygen atoms in total. The van der Waals surface area contributed by atoms with Crippen LogP contribution in [0.3, 0.4) is 0 Å². The van der Waals surface area contributed by atoms with E-state index in [9.17, 15) is 9.59 Å². The van der Waals surface area contributed by atoms with E-state index in [4.69, 9.17) is 5.11 Å². The molecule has 0 radical (unpaired) electrons. The summed E-state index contributed by atoms with van der Waals surface area (Å²) in [5, 5.41) is 8.79. The number of rotatable bonds is 5. The van der Waals surface area contributed by atoms with Crippen LogP contribution in [0.25, 0.3) is 0 Å². The highest BCUT2D eigenvalue weighted by molar-refractivity contribution is 5.94. The van der Waals surface area contributed by atoms with Crippen molar-refractivity contribution >= 4 is 17.6 Å². The fraction of sp³-hybridized carbons (Fsp3) is 0.467. The van der Waals surface area contributed by atoms with Gasteiger partial charge in [0.1, 0.15) is 0 Å². The largest absolute Gasteiger partial charge is 0.481 e. The van der Waals surface area contributed by atoms with Crippen molar-refractivity contribution in [3.8, 4) is 0 Å². The molecule has 0 fully saturated rings. The number of carboxylic acid groups (broad SMARTS) is 1. The van der Waals surface area contributed by atoms with Crippen LogP contribution >= 0.6 is 0 Å². The van der Waals surface area contributed by atoms with Crippen LogP contribution < -0.4 is 4.90 Å². The summed E-state index contributed by atoms with van der Waals surface area (Å²) in [4.78, 5) is 24.6. The van der Waals surface area contributed by atoms with Crippen molar-refractivity contribution in [1.82, 2.24) is 0 Å². The number of amides is 1. The van der Waals surface area contributed by atoms with Crippen molar-refractivity contribution in [1.29, 1.82) is 0 Å². The van der Waals surface area contributed by atoms with Crippen LogP contribution in [0.2, 0.25) is 0 Å². The summed E-state index contributed by atoms with van der Waals surface area (Å²) in [5.74, 6) is -0.940.